The molecule has 4 heteroatoms. The van der Waals surface area contributed by atoms with Crippen LogP contribution in [0.4, 0.5) is 0 Å². The predicted octanol–water partition coefficient (Wildman–Crippen LogP) is 0.976. The molecule has 1 aliphatic heterocycles. The molecule has 0 spiro atoms. The highest BCUT2D eigenvalue weighted by molar-refractivity contribution is 5.82. The maximum atomic E-state index is 11.3. The first-order valence-electron chi connectivity index (χ1n) is 5.33. The number of nitrogens with zero attached hydrogens (tertiary/aromatic N) is 1. The average molecular weight is 197 g/mol. The van der Waals surface area contributed by atoms with Crippen LogP contribution in [0.25, 0.3) is 0 Å². The van der Waals surface area contributed by atoms with Gasteiger partial charge in [-0.3, -0.25) is 10.2 Å². The number of carbonyl (C=O) groups is 1. The van der Waals surface area contributed by atoms with Gasteiger partial charge in [0.05, 0.1) is 5.84 Å². The molecule has 14 heavy (non-hydrogen) atoms. The van der Waals surface area contributed by atoms with Gasteiger partial charge >= 0.3 is 0 Å². The SMILES string of the molecule is CCCNC(=O)CCN1CCCC1=N. The van der Waals surface area contributed by atoms with Crippen molar-refractivity contribution >= 4 is 11.7 Å². The summed E-state index contributed by atoms with van der Waals surface area (Å²) in [5.74, 6) is 0.792. The van der Waals surface area contributed by atoms with E-state index in [2.05, 4.69) is 5.32 Å². The monoisotopic (exact) mass is 197 g/mol. The molecule has 1 amide bonds. The molecule has 4 nitrogen and oxygen atoms in total. The van der Waals surface area contributed by atoms with E-state index in [-0.39, 0.29) is 5.91 Å². The maximum Gasteiger partial charge on any atom is 0.221 e. The van der Waals surface area contributed by atoms with Crippen LogP contribution in [0.5, 0.6) is 0 Å². The highest BCUT2D eigenvalue weighted by atomic mass is 16.1. The van der Waals surface area contributed by atoms with Gasteiger partial charge in [-0.15, -0.1) is 0 Å². The van der Waals surface area contributed by atoms with Crippen molar-refractivity contribution in [2.45, 2.75) is 32.6 Å². The molecule has 1 aliphatic rings. The molecule has 0 aromatic heterocycles. The number of carbonyl (C=O) groups excluding carboxylic acids is 1. The molecule has 2 N–H and O–H groups in total. The number of nitrogens with one attached hydrogen (secondary N) is 2. The summed E-state index contributed by atoms with van der Waals surface area (Å²) in [6.45, 7) is 4.45. The number of hydrogen-bond acceptors (Lipinski definition) is 2. The molecule has 1 rings (SSSR count). The predicted molar refractivity (Wildman–Crippen MR) is 56.5 cm³/mol. The molecular formula is C10H19N3O. The van der Waals surface area contributed by atoms with Crippen LogP contribution in [0, 0.1) is 5.41 Å². The summed E-state index contributed by atoms with van der Waals surface area (Å²) in [6, 6.07) is 0. The topological polar surface area (TPSA) is 56.2 Å². The van der Waals surface area contributed by atoms with Gasteiger partial charge in [0.25, 0.3) is 0 Å². The highest BCUT2D eigenvalue weighted by Gasteiger charge is 2.16. The number of likely N-dealkylation sites (tertiary alicyclic amines) is 1. The van der Waals surface area contributed by atoms with Crippen molar-refractivity contribution in [3.63, 3.8) is 0 Å². The van der Waals surface area contributed by atoms with Crippen molar-refractivity contribution < 1.29 is 4.79 Å². The van der Waals surface area contributed by atoms with Crippen LogP contribution >= 0.6 is 0 Å². The Morgan fingerprint density at radius 1 is 1.64 bits per heavy atom. The highest BCUT2D eigenvalue weighted by Crippen LogP contribution is 2.09. The molecular weight excluding hydrogens is 178 g/mol. The third-order valence-electron chi connectivity index (χ3n) is 2.40. The summed E-state index contributed by atoms with van der Waals surface area (Å²) < 4.78 is 0. The Labute approximate surface area is 85.2 Å². The van der Waals surface area contributed by atoms with Gasteiger partial charge in [0, 0.05) is 32.5 Å². The second-order valence-electron chi connectivity index (χ2n) is 3.64. The molecule has 1 fully saturated rings. The van der Waals surface area contributed by atoms with Gasteiger partial charge in [-0.05, 0) is 12.8 Å². The maximum absolute atomic E-state index is 11.3. The zero-order chi connectivity index (χ0) is 10.4. The first-order valence-corrected chi connectivity index (χ1v) is 5.33. The Bertz CT molecular complexity index is 215. The fourth-order valence-corrected chi connectivity index (χ4v) is 1.57. The molecule has 0 aliphatic carbocycles. The van der Waals surface area contributed by atoms with Crippen LogP contribution in [0.3, 0.4) is 0 Å². The quantitative estimate of drug-likeness (QED) is 0.690. The molecule has 0 aromatic rings. The Kier molecular flexibility index (Phi) is 4.43. The Morgan fingerprint density at radius 3 is 3.00 bits per heavy atom. The minimum absolute atomic E-state index is 0.103. The van der Waals surface area contributed by atoms with E-state index >= 15 is 0 Å². The first kappa shape index (κ1) is 11.0. The van der Waals surface area contributed by atoms with Crippen molar-refractivity contribution in [1.82, 2.24) is 10.2 Å². The lowest BCUT2D eigenvalue weighted by Gasteiger charge is -2.16. The largest absolute Gasteiger partial charge is 0.360 e. The van der Waals surface area contributed by atoms with Crippen molar-refractivity contribution in [2.75, 3.05) is 19.6 Å². The van der Waals surface area contributed by atoms with Crippen LogP contribution in [0.1, 0.15) is 32.6 Å². The van der Waals surface area contributed by atoms with Crippen molar-refractivity contribution in [3.8, 4) is 0 Å². The van der Waals surface area contributed by atoms with Gasteiger partial charge in [-0.2, -0.15) is 0 Å². The molecule has 0 radical (unpaired) electrons. The summed E-state index contributed by atoms with van der Waals surface area (Å²) in [5.41, 5.74) is 0. The molecule has 0 bridgehead atoms. The van der Waals surface area contributed by atoms with Crippen LogP contribution in [-0.2, 0) is 4.79 Å². The summed E-state index contributed by atoms with van der Waals surface area (Å²) in [5, 5.41) is 10.4. The Balaban J connectivity index is 2.13. The number of rotatable bonds is 5. The third kappa shape index (κ3) is 3.36. The number of amidine groups is 1. The number of amides is 1. The van der Waals surface area contributed by atoms with Crippen LogP contribution in [-0.4, -0.2) is 36.3 Å². The summed E-state index contributed by atoms with van der Waals surface area (Å²) >= 11 is 0. The van der Waals surface area contributed by atoms with Crippen molar-refractivity contribution in [1.29, 1.82) is 5.41 Å². The molecule has 0 unspecified atom stereocenters. The molecule has 0 atom stereocenters. The van der Waals surface area contributed by atoms with Gasteiger partial charge in [-0.1, -0.05) is 6.92 Å². The van der Waals surface area contributed by atoms with E-state index in [1.165, 1.54) is 0 Å². The summed E-state index contributed by atoms with van der Waals surface area (Å²) in [6.07, 6.45) is 3.43. The van der Waals surface area contributed by atoms with E-state index in [0.717, 1.165) is 32.4 Å². The van der Waals surface area contributed by atoms with Gasteiger partial charge in [0.15, 0.2) is 0 Å². The lowest BCUT2D eigenvalue weighted by molar-refractivity contribution is -0.121. The Hall–Kier alpha value is -1.06. The van der Waals surface area contributed by atoms with E-state index in [1.54, 1.807) is 0 Å². The normalized spacial score (nSPS) is 16.1. The smallest absolute Gasteiger partial charge is 0.221 e. The average Bonchev–Trinajstić information content (AvgIpc) is 2.58. The Morgan fingerprint density at radius 2 is 2.43 bits per heavy atom. The van der Waals surface area contributed by atoms with E-state index in [1.807, 2.05) is 11.8 Å². The lowest BCUT2D eigenvalue weighted by Crippen LogP contribution is -2.31. The fourth-order valence-electron chi connectivity index (χ4n) is 1.57. The van der Waals surface area contributed by atoms with Gasteiger partial charge in [0.1, 0.15) is 0 Å². The standard InChI is InChI=1S/C10H19N3O/c1-2-6-12-10(14)5-8-13-7-3-4-9(13)11/h11H,2-8H2,1H3,(H,12,14). The second-order valence-corrected chi connectivity index (χ2v) is 3.64. The molecule has 1 heterocycles. The van der Waals surface area contributed by atoms with E-state index in [0.29, 0.717) is 18.8 Å². The molecule has 0 saturated carbocycles. The summed E-state index contributed by atoms with van der Waals surface area (Å²) in [4.78, 5) is 13.2. The lowest BCUT2D eigenvalue weighted by atomic mass is 10.3. The first-order chi connectivity index (χ1) is 6.74. The minimum Gasteiger partial charge on any atom is -0.360 e. The van der Waals surface area contributed by atoms with Crippen LogP contribution in [0.15, 0.2) is 0 Å². The van der Waals surface area contributed by atoms with E-state index < -0.39 is 0 Å². The van der Waals surface area contributed by atoms with Crippen LogP contribution < -0.4 is 5.32 Å². The fraction of sp³-hybridized carbons (Fsp3) is 0.800. The molecule has 80 valence electrons. The zero-order valence-corrected chi connectivity index (χ0v) is 8.81. The van der Waals surface area contributed by atoms with Gasteiger partial charge < -0.3 is 10.2 Å². The zero-order valence-electron chi connectivity index (χ0n) is 8.81. The van der Waals surface area contributed by atoms with Crippen molar-refractivity contribution in [2.24, 2.45) is 0 Å². The van der Waals surface area contributed by atoms with Crippen molar-refractivity contribution in [3.05, 3.63) is 0 Å². The molecule has 1 saturated heterocycles. The third-order valence-corrected chi connectivity index (χ3v) is 2.40. The second kappa shape index (κ2) is 5.62. The van der Waals surface area contributed by atoms with E-state index in [4.69, 9.17) is 5.41 Å². The van der Waals surface area contributed by atoms with E-state index in [9.17, 15) is 4.79 Å². The van der Waals surface area contributed by atoms with Gasteiger partial charge in [0.2, 0.25) is 5.91 Å². The van der Waals surface area contributed by atoms with Crippen LogP contribution in [0.2, 0.25) is 0 Å². The summed E-state index contributed by atoms with van der Waals surface area (Å²) in [7, 11) is 0. The number of hydrogen-bond donors (Lipinski definition) is 2. The van der Waals surface area contributed by atoms with Gasteiger partial charge in [-0.25, -0.2) is 0 Å². The molecule has 0 aromatic carbocycles. The minimum atomic E-state index is 0.103.